The first-order valence-electron chi connectivity index (χ1n) is 10.4. The summed E-state index contributed by atoms with van der Waals surface area (Å²) in [6.45, 7) is 0.403. The number of hydrogen-bond donors (Lipinski definition) is 8. The molecule has 5 unspecified atom stereocenters. The molecular formula is C21H32N4O8S. The van der Waals surface area contributed by atoms with E-state index in [4.69, 9.17) is 10.8 Å². The van der Waals surface area contributed by atoms with Crippen molar-refractivity contribution in [1.29, 1.82) is 0 Å². The highest BCUT2D eigenvalue weighted by Gasteiger charge is 2.32. The number of aliphatic hydroxyl groups excluding tert-OH is 2. The molecule has 0 bridgehead atoms. The Morgan fingerprint density at radius 2 is 1.59 bits per heavy atom. The van der Waals surface area contributed by atoms with Crippen LogP contribution < -0.4 is 21.7 Å². The molecule has 34 heavy (non-hydrogen) atoms. The normalized spacial score (nSPS) is 15.3. The number of hydrogen-bond acceptors (Lipinski definition) is 9. The number of carbonyl (C=O) groups excluding carboxylic acids is 3. The molecule has 1 aromatic carbocycles. The van der Waals surface area contributed by atoms with Crippen LogP contribution in [0.5, 0.6) is 5.75 Å². The van der Waals surface area contributed by atoms with Crippen LogP contribution in [0.3, 0.4) is 0 Å². The Bertz CT molecular complexity index is 837. The molecule has 0 saturated heterocycles. The second-order valence-corrected chi connectivity index (χ2v) is 8.61. The van der Waals surface area contributed by atoms with Gasteiger partial charge in [0.05, 0.1) is 18.8 Å². The molecular weight excluding hydrogens is 468 g/mol. The molecule has 0 heterocycles. The first kappa shape index (κ1) is 29.2. The highest BCUT2D eigenvalue weighted by Crippen LogP contribution is 2.12. The maximum Gasteiger partial charge on any atom is 0.328 e. The average molecular weight is 501 g/mol. The predicted octanol–water partition coefficient (Wildman–Crippen LogP) is -2.07. The lowest BCUT2D eigenvalue weighted by Crippen LogP contribution is -2.60. The fourth-order valence-corrected chi connectivity index (χ4v) is 3.33. The van der Waals surface area contributed by atoms with Crippen LogP contribution >= 0.6 is 11.8 Å². The summed E-state index contributed by atoms with van der Waals surface area (Å²) in [6.07, 6.45) is 0.758. The molecule has 12 nitrogen and oxygen atoms in total. The minimum Gasteiger partial charge on any atom is -0.508 e. The Balaban J connectivity index is 3.05. The summed E-state index contributed by atoms with van der Waals surface area (Å²) in [6, 6.07) is 0.475. The molecule has 0 aliphatic carbocycles. The molecule has 9 N–H and O–H groups in total. The molecule has 0 spiro atoms. The summed E-state index contributed by atoms with van der Waals surface area (Å²) in [4.78, 5) is 49.1. The van der Waals surface area contributed by atoms with Crippen molar-refractivity contribution in [2.24, 2.45) is 5.73 Å². The van der Waals surface area contributed by atoms with Crippen LogP contribution in [0.2, 0.25) is 0 Å². The van der Waals surface area contributed by atoms with E-state index in [9.17, 15) is 34.5 Å². The van der Waals surface area contributed by atoms with Gasteiger partial charge < -0.3 is 42.1 Å². The van der Waals surface area contributed by atoms with E-state index in [2.05, 4.69) is 16.0 Å². The number of phenols is 1. The van der Waals surface area contributed by atoms with E-state index in [0.29, 0.717) is 17.7 Å². The first-order chi connectivity index (χ1) is 16.0. The third kappa shape index (κ3) is 9.55. The molecule has 1 rings (SSSR count). The van der Waals surface area contributed by atoms with Gasteiger partial charge >= 0.3 is 5.97 Å². The third-order valence-corrected chi connectivity index (χ3v) is 5.48. The van der Waals surface area contributed by atoms with Crippen molar-refractivity contribution in [1.82, 2.24) is 16.0 Å². The number of carboxylic acid groups (broad SMARTS) is 1. The summed E-state index contributed by atoms with van der Waals surface area (Å²) >= 11 is 1.49. The number of aliphatic carboxylic acids is 1. The minimum atomic E-state index is -1.60. The number of thioether (sulfide) groups is 1. The summed E-state index contributed by atoms with van der Waals surface area (Å²) < 4.78 is 0. The van der Waals surface area contributed by atoms with Gasteiger partial charge in [0, 0.05) is 6.42 Å². The molecule has 1 aromatic rings. The molecule has 13 heteroatoms. The van der Waals surface area contributed by atoms with Gasteiger partial charge in [-0.15, -0.1) is 0 Å². The Morgan fingerprint density at radius 1 is 1.00 bits per heavy atom. The fraction of sp³-hybridized carbons (Fsp3) is 0.524. The first-order valence-corrected chi connectivity index (χ1v) is 11.8. The van der Waals surface area contributed by atoms with Crippen LogP contribution in [0.25, 0.3) is 0 Å². The minimum absolute atomic E-state index is 0.0188. The molecule has 5 atom stereocenters. The van der Waals surface area contributed by atoms with Crippen molar-refractivity contribution in [2.75, 3.05) is 18.6 Å². The number of phenolic OH excluding ortho intramolecular Hbond substituents is 1. The number of rotatable bonds is 14. The van der Waals surface area contributed by atoms with E-state index in [-0.39, 0.29) is 12.2 Å². The number of nitrogens with two attached hydrogens (primary N) is 1. The zero-order valence-corrected chi connectivity index (χ0v) is 19.7. The van der Waals surface area contributed by atoms with E-state index in [1.807, 2.05) is 6.26 Å². The van der Waals surface area contributed by atoms with Crippen molar-refractivity contribution >= 4 is 35.5 Å². The topological polar surface area (TPSA) is 211 Å². The monoisotopic (exact) mass is 500 g/mol. The smallest absolute Gasteiger partial charge is 0.328 e. The van der Waals surface area contributed by atoms with Crippen molar-refractivity contribution < 1.29 is 39.6 Å². The summed E-state index contributed by atoms with van der Waals surface area (Å²) in [5, 5.41) is 44.7. The maximum absolute atomic E-state index is 12.9. The van der Waals surface area contributed by atoms with E-state index >= 15 is 0 Å². The van der Waals surface area contributed by atoms with Gasteiger partial charge in [-0.1, -0.05) is 12.1 Å². The molecule has 0 aromatic heterocycles. The van der Waals surface area contributed by atoms with Gasteiger partial charge in [-0.2, -0.15) is 11.8 Å². The molecule has 3 amide bonds. The molecule has 190 valence electrons. The number of nitrogens with one attached hydrogen (secondary N) is 3. The maximum atomic E-state index is 12.9. The van der Waals surface area contributed by atoms with Gasteiger partial charge in [0.25, 0.3) is 0 Å². The van der Waals surface area contributed by atoms with Crippen molar-refractivity contribution in [3.8, 4) is 5.75 Å². The lowest BCUT2D eigenvalue weighted by atomic mass is 10.0. The number of carboxylic acids is 1. The van der Waals surface area contributed by atoms with Gasteiger partial charge in [0.1, 0.15) is 23.9 Å². The van der Waals surface area contributed by atoms with Crippen LogP contribution in [0, 0.1) is 0 Å². The standard InChI is InChI=1S/C21H32N4O8S/c1-11(27)17(25-18(29)14(22)7-8-34-2)20(31)23-15(9-12-3-5-13(28)6-4-12)19(30)24-16(10-26)21(32)33/h3-6,11,14-17,26-28H,7-10,22H2,1-2H3,(H,23,31)(H,24,30)(H,25,29)(H,32,33). The zero-order valence-electron chi connectivity index (χ0n) is 18.9. The highest BCUT2D eigenvalue weighted by atomic mass is 32.2. The summed E-state index contributed by atoms with van der Waals surface area (Å²) in [5.41, 5.74) is 6.33. The van der Waals surface area contributed by atoms with E-state index < -0.39 is 60.6 Å². The number of aromatic hydroxyl groups is 1. The highest BCUT2D eigenvalue weighted by molar-refractivity contribution is 7.98. The van der Waals surface area contributed by atoms with Crippen molar-refractivity contribution in [3.05, 3.63) is 29.8 Å². The van der Waals surface area contributed by atoms with E-state index in [1.165, 1.54) is 43.0 Å². The van der Waals surface area contributed by atoms with E-state index in [1.54, 1.807) is 0 Å². The quantitative estimate of drug-likeness (QED) is 0.140. The van der Waals surface area contributed by atoms with Gasteiger partial charge in [-0.05, 0) is 43.0 Å². The molecule has 0 fully saturated rings. The van der Waals surface area contributed by atoms with Crippen LogP contribution in [-0.2, 0) is 25.6 Å². The fourth-order valence-electron chi connectivity index (χ4n) is 2.84. The van der Waals surface area contributed by atoms with Gasteiger partial charge in [0.2, 0.25) is 17.7 Å². The molecule has 0 aliphatic heterocycles. The summed E-state index contributed by atoms with van der Waals surface area (Å²) in [7, 11) is 0. The summed E-state index contributed by atoms with van der Waals surface area (Å²) in [5.74, 6) is -3.33. The Hall–Kier alpha value is -2.87. The van der Waals surface area contributed by atoms with Crippen LogP contribution in [0.15, 0.2) is 24.3 Å². The lowest BCUT2D eigenvalue weighted by Gasteiger charge is -2.26. The van der Waals surface area contributed by atoms with Gasteiger partial charge in [0.15, 0.2) is 0 Å². The number of benzene rings is 1. The number of carbonyl (C=O) groups is 4. The Morgan fingerprint density at radius 3 is 2.09 bits per heavy atom. The van der Waals surface area contributed by atoms with Crippen molar-refractivity contribution in [3.63, 3.8) is 0 Å². The third-order valence-electron chi connectivity index (χ3n) is 4.84. The zero-order chi connectivity index (χ0) is 25.8. The van der Waals surface area contributed by atoms with Crippen LogP contribution in [-0.4, -0.2) is 93.0 Å². The molecule has 0 radical (unpaired) electrons. The lowest BCUT2D eigenvalue weighted by molar-refractivity contribution is -0.143. The predicted molar refractivity (Wildman–Crippen MR) is 125 cm³/mol. The van der Waals surface area contributed by atoms with Crippen molar-refractivity contribution in [2.45, 2.75) is 50.0 Å². The number of aliphatic hydroxyl groups is 2. The Kier molecular flexibility index (Phi) is 12.4. The SMILES string of the molecule is CSCCC(N)C(=O)NC(C(=O)NC(Cc1ccc(O)cc1)C(=O)NC(CO)C(=O)O)C(C)O. The molecule has 0 aliphatic rings. The van der Waals surface area contributed by atoms with Crippen LogP contribution in [0.1, 0.15) is 18.9 Å². The Labute approximate surface area is 201 Å². The second-order valence-electron chi connectivity index (χ2n) is 7.63. The van der Waals surface area contributed by atoms with Gasteiger partial charge in [-0.25, -0.2) is 4.79 Å². The average Bonchev–Trinajstić information content (AvgIpc) is 2.79. The van der Waals surface area contributed by atoms with E-state index in [0.717, 1.165) is 0 Å². The second kappa shape index (κ2) is 14.4. The molecule has 0 saturated carbocycles. The largest absolute Gasteiger partial charge is 0.508 e. The number of amides is 3. The van der Waals surface area contributed by atoms with Crippen LogP contribution in [0.4, 0.5) is 0 Å². The van der Waals surface area contributed by atoms with Gasteiger partial charge in [-0.3, -0.25) is 14.4 Å².